The number of ether oxygens (including phenoxy) is 1. The molecule has 0 saturated carbocycles. The number of aliphatic hydroxyl groups is 1. The fourth-order valence-corrected chi connectivity index (χ4v) is 4.08. The summed E-state index contributed by atoms with van der Waals surface area (Å²) in [5.41, 5.74) is 7.61. The molecule has 6 nitrogen and oxygen atoms in total. The van der Waals surface area contributed by atoms with Gasteiger partial charge in [-0.25, -0.2) is 9.37 Å². The third kappa shape index (κ3) is 5.41. The molecule has 2 heterocycles. The zero-order chi connectivity index (χ0) is 21.7. The Balaban J connectivity index is 1.90. The zero-order valence-corrected chi connectivity index (χ0v) is 17.6. The second-order valence-corrected chi connectivity index (χ2v) is 7.91. The minimum atomic E-state index is -0.614. The number of nitrogens with two attached hydrogens (primary N) is 1. The number of anilines is 2. The van der Waals surface area contributed by atoms with E-state index in [4.69, 9.17) is 10.5 Å². The number of primary amides is 1. The number of aromatic nitrogens is 1. The Morgan fingerprint density at radius 2 is 2.13 bits per heavy atom. The first-order valence-corrected chi connectivity index (χ1v) is 10.4. The normalized spacial score (nSPS) is 12.0. The van der Waals surface area contributed by atoms with E-state index >= 15 is 0 Å². The van der Waals surface area contributed by atoms with Crippen molar-refractivity contribution < 1.29 is 19.0 Å². The van der Waals surface area contributed by atoms with Gasteiger partial charge in [-0.05, 0) is 50.1 Å². The molecule has 0 aliphatic heterocycles. The average molecular weight is 430 g/mol. The second kappa shape index (κ2) is 9.80. The Labute approximate surface area is 178 Å². The van der Waals surface area contributed by atoms with Gasteiger partial charge in [-0.1, -0.05) is 18.2 Å². The quantitative estimate of drug-likeness (QED) is 0.472. The second-order valence-electron chi connectivity index (χ2n) is 6.86. The van der Waals surface area contributed by atoms with Crippen LogP contribution in [0.15, 0.2) is 42.5 Å². The van der Waals surface area contributed by atoms with E-state index in [0.717, 1.165) is 5.69 Å². The molecule has 1 aromatic carbocycles. The van der Waals surface area contributed by atoms with Gasteiger partial charge in [-0.15, -0.1) is 11.3 Å². The standard InChI is InChI=1S/C22H24FN3O3S/c1-3-29-12-15-5-4-6-20(25-15)26-22-17(21(24)28)11-19(30-22)16-8-7-14(9-13(2)27)10-18(16)23/h4-8,10-11,13,27H,3,9,12H2,1-2H3,(H2,24,28)(H,25,26). The minimum Gasteiger partial charge on any atom is -0.393 e. The molecule has 1 atom stereocenters. The number of pyridine rings is 1. The van der Waals surface area contributed by atoms with Crippen LogP contribution in [-0.2, 0) is 17.8 Å². The van der Waals surface area contributed by atoms with Crippen LogP contribution in [0.1, 0.15) is 35.5 Å². The summed E-state index contributed by atoms with van der Waals surface area (Å²) in [6.07, 6.45) is -0.190. The lowest BCUT2D eigenvalue weighted by atomic mass is 10.0. The average Bonchev–Trinajstić information content (AvgIpc) is 3.10. The maximum absolute atomic E-state index is 14.7. The van der Waals surface area contributed by atoms with Gasteiger partial charge in [-0.3, -0.25) is 4.79 Å². The van der Waals surface area contributed by atoms with Crippen molar-refractivity contribution in [3.8, 4) is 10.4 Å². The summed E-state index contributed by atoms with van der Waals surface area (Å²) in [7, 11) is 0. The summed E-state index contributed by atoms with van der Waals surface area (Å²) >= 11 is 1.22. The Kier molecular flexibility index (Phi) is 7.15. The topological polar surface area (TPSA) is 97.5 Å². The Morgan fingerprint density at radius 3 is 2.80 bits per heavy atom. The summed E-state index contributed by atoms with van der Waals surface area (Å²) < 4.78 is 20.1. The van der Waals surface area contributed by atoms with E-state index in [9.17, 15) is 14.3 Å². The highest BCUT2D eigenvalue weighted by Gasteiger charge is 2.18. The Bertz CT molecular complexity index is 1040. The number of amides is 1. The van der Waals surface area contributed by atoms with Gasteiger partial charge in [-0.2, -0.15) is 0 Å². The first-order chi connectivity index (χ1) is 14.4. The summed E-state index contributed by atoms with van der Waals surface area (Å²) in [5.74, 6) is -0.499. The molecule has 3 rings (SSSR count). The smallest absolute Gasteiger partial charge is 0.251 e. The fraction of sp³-hybridized carbons (Fsp3) is 0.273. The monoisotopic (exact) mass is 429 g/mol. The number of nitrogens with zero attached hydrogens (tertiary/aromatic N) is 1. The van der Waals surface area contributed by atoms with Gasteiger partial charge in [0.1, 0.15) is 16.6 Å². The number of halogens is 1. The molecule has 0 radical (unpaired) electrons. The summed E-state index contributed by atoms with van der Waals surface area (Å²) in [5, 5.41) is 13.1. The molecule has 0 fully saturated rings. The molecule has 0 aliphatic carbocycles. The predicted molar refractivity (Wildman–Crippen MR) is 116 cm³/mol. The van der Waals surface area contributed by atoms with Gasteiger partial charge in [0, 0.05) is 17.0 Å². The molecule has 0 aliphatic rings. The molecule has 0 saturated heterocycles. The third-order valence-corrected chi connectivity index (χ3v) is 5.41. The molecule has 1 unspecified atom stereocenters. The number of carbonyl (C=O) groups excluding carboxylic acids is 1. The van der Waals surface area contributed by atoms with Crippen LogP contribution < -0.4 is 11.1 Å². The van der Waals surface area contributed by atoms with Crippen molar-refractivity contribution in [3.05, 3.63) is 65.1 Å². The van der Waals surface area contributed by atoms with Crippen molar-refractivity contribution in [2.45, 2.75) is 33.0 Å². The van der Waals surface area contributed by atoms with Gasteiger partial charge < -0.3 is 20.9 Å². The molecule has 1 amide bonds. The molecule has 0 spiro atoms. The zero-order valence-electron chi connectivity index (χ0n) is 16.8. The molecular formula is C22H24FN3O3S. The van der Waals surface area contributed by atoms with Gasteiger partial charge in [0.15, 0.2) is 0 Å². The fourth-order valence-electron chi connectivity index (χ4n) is 2.98. The SMILES string of the molecule is CCOCc1cccc(Nc2sc(-c3ccc(CC(C)O)cc3F)cc2C(N)=O)n1. The molecule has 2 aromatic heterocycles. The van der Waals surface area contributed by atoms with Crippen LogP contribution in [0.5, 0.6) is 0 Å². The van der Waals surface area contributed by atoms with E-state index in [1.807, 2.05) is 19.1 Å². The first-order valence-electron chi connectivity index (χ1n) is 9.58. The molecule has 4 N–H and O–H groups in total. The third-order valence-electron chi connectivity index (χ3n) is 4.33. The van der Waals surface area contributed by atoms with Crippen molar-refractivity contribution in [1.29, 1.82) is 0 Å². The van der Waals surface area contributed by atoms with Crippen LogP contribution >= 0.6 is 11.3 Å². The van der Waals surface area contributed by atoms with Crippen LogP contribution in [0.3, 0.4) is 0 Å². The summed E-state index contributed by atoms with van der Waals surface area (Å²) in [6.45, 7) is 4.53. The molecular weight excluding hydrogens is 405 g/mol. The largest absolute Gasteiger partial charge is 0.393 e. The van der Waals surface area contributed by atoms with Crippen LogP contribution in [0.4, 0.5) is 15.2 Å². The predicted octanol–water partition coefficient (Wildman–Crippen LogP) is 4.25. The van der Waals surface area contributed by atoms with E-state index in [-0.39, 0.29) is 5.56 Å². The summed E-state index contributed by atoms with van der Waals surface area (Å²) in [6, 6.07) is 11.8. The highest BCUT2D eigenvalue weighted by molar-refractivity contribution is 7.19. The van der Waals surface area contributed by atoms with Crippen molar-refractivity contribution >= 4 is 28.1 Å². The van der Waals surface area contributed by atoms with Crippen molar-refractivity contribution in [1.82, 2.24) is 4.98 Å². The number of hydrogen-bond donors (Lipinski definition) is 3. The number of benzene rings is 1. The van der Waals surface area contributed by atoms with Crippen molar-refractivity contribution in [2.75, 3.05) is 11.9 Å². The van der Waals surface area contributed by atoms with E-state index in [2.05, 4.69) is 10.3 Å². The van der Waals surface area contributed by atoms with Gasteiger partial charge in [0.05, 0.1) is 24.0 Å². The highest BCUT2D eigenvalue weighted by Crippen LogP contribution is 2.38. The van der Waals surface area contributed by atoms with E-state index < -0.39 is 17.8 Å². The Hall–Kier alpha value is -2.81. The van der Waals surface area contributed by atoms with E-state index in [0.29, 0.717) is 46.5 Å². The minimum absolute atomic E-state index is 0.263. The van der Waals surface area contributed by atoms with Gasteiger partial charge >= 0.3 is 0 Å². The molecule has 3 aromatic rings. The summed E-state index contributed by atoms with van der Waals surface area (Å²) in [4.78, 5) is 17.0. The molecule has 0 bridgehead atoms. The number of nitrogens with one attached hydrogen (secondary N) is 1. The highest BCUT2D eigenvalue weighted by atomic mass is 32.1. The van der Waals surface area contributed by atoms with E-state index in [1.165, 1.54) is 17.4 Å². The lowest BCUT2D eigenvalue weighted by molar-refractivity contribution is 0.100. The lowest BCUT2D eigenvalue weighted by Gasteiger charge is -2.07. The van der Waals surface area contributed by atoms with Crippen LogP contribution in [-0.4, -0.2) is 28.7 Å². The number of hydrogen-bond acceptors (Lipinski definition) is 6. The van der Waals surface area contributed by atoms with E-state index in [1.54, 1.807) is 31.2 Å². The number of thiophene rings is 1. The molecule has 8 heteroatoms. The number of rotatable bonds is 9. The maximum Gasteiger partial charge on any atom is 0.251 e. The van der Waals surface area contributed by atoms with Gasteiger partial charge in [0.2, 0.25) is 0 Å². The number of aliphatic hydroxyl groups excluding tert-OH is 1. The van der Waals surface area contributed by atoms with Crippen molar-refractivity contribution in [3.63, 3.8) is 0 Å². The first kappa shape index (κ1) is 21.9. The molecule has 158 valence electrons. The number of carbonyl (C=O) groups is 1. The van der Waals surface area contributed by atoms with Crippen LogP contribution in [0.25, 0.3) is 10.4 Å². The van der Waals surface area contributed by atoms with Gasteiger partial charge in [0.25, 0.3) is 5.91 Å². The Morgan fingerprint density at radius 1 is 1.33 bits per heavy atom. The lowest BCUT2D eigenvalue weighted by Crippen LogP contribution is -2.11. The van der Waals surface area contributed by atoms with Crippen LogP contribution in [0, 0.1) is 5.82 Å². The van der Waals surface area contributed by atoms with Crippen LogP contribution in [0.2, 0.25) is 0 Å². The molecule has 30 heavy (non-hydrogen) atoms. The van der Waals surface area contributed by atoms with Crippen molar-refractivity contribution in [2.24, 2.45) is 5.73 Å². The maximum atomic E-state index is 14.7.